The summed E-state index contributed by atoms with van der Waals surface area (Å²) in [5, 5.41) is 15.7. The van der Waals surface area contributed by atoms with E-state index in [2.05, 4.69) is 4.89 Å². The summed E-state index contributed by atoms with van der Waals surface area (Å²) in [5.41, 5.74) is 0. The predicted molar refractivity (Wildman–Crippen MR) is 18.5 cm³/mol. The van der Waals surface area contributed by atoms with Gasteiger partial charge in [-0.15, -0.1) is 0 Å². The van der Waals surface area contributed by atoms with Crippen LogP contribution < -0.4 is 5.26 Å². The summed E-state index contributed by atoms with van der Waals surface area (Å²) in [7, 11) is 0. The van der Waals surface area contributed by atoms with E-state index in [9.17, 15) is 0 Å². The van der Waals surface area contributed by atoms with E-state index in [-0.39, 0.29) is 22.8 Å². The molecule has 0 aromatic carbocycles. The van der Waals surface area contributed by atoms with E-state index >= 15 is 0 Å². The molecule has 0 aromatic heterocycles. The molecule has 0 atom stereocenters. The minimum Gasteiger partial charge on any atom is -0.659 e. The van der Waals surface area contributed by atoms with Crippen LogP contribution in [0.25, 0.3) is 0 Å². The third kappa shape index (κ3) is 26.7. The van der Waals surface area contributed by atoms with Crippen LogP contribution in [0.1, 0.15) is 0 Å². The van der Waals surface area contributed by atoms with Crippen molar-refractivity contribution in [3.05, 3.63) is 0 Å². The van der Waals surface area contributed by atoms with E-state index in [4.69, 9.17) is 15.2 Å². The first-order valence-electron chi connectivity index (χ1n) is 0.799. The SMILES string of the molecule is O.O=C(O)O[O-].[Al+3]. The second-order valence-corrected chi connectivity index (χ2v) is 0.349. The molecule has 0 aliphatic carbocycles. The smallest absolute Gasteiger partial charge is 0.659 e. The quantitative estimate of drug-likeness (QED) is 0.223. The van der Waals surface area contributed by atoms with E-state index in [1.54, 1.807) is 0 Å². The summed E-state index contributed by atoms with van der Waals surface area (Å²) in [6.07, 6.45) is -1.80. The van der Waals surface area contributed by atoms with Crippen molar-refractivity contribution < 1.29 is 25.5 Å². The second kappa shape index (κ2) is 9.21. The van der Waals surface area contributed by atoms with Gasteiger partial charge in [-0.25, -0.2) is 4.79 Å². The van der Waals surface area contributed by atoms with Crippen LogP contribution in [0.3, 0.4) is 0 Å². The largest absolute Gasteiger partial charge is 3.00 e. The van der Waals surface area contributed by atoms with Gasteiger partial charge in [-0.3, -0.25) is 0 Å². The fourth-order valence-electron chi connectivity index (χ4n) is 0. The molecule has 0 spiro atoms. The van der Waals surface area contributed by atoms with Gasteiger partial charge in [0, 0.05) is 0 Å². The molecule has 0 aliphatic rings. The van der Waals surface area contributed by atoms with Crippen LogP contribution in [0.2, 0.25) is 0 Å². The average molecular weight is 122 g/mol. The normalized spacial score (nSPS) is 4.71. The van der Waals surface area contributed by atoms with Crippen LogP contribution >= 0.6 is 0 Å². The Labute approximate surface area is 49.9 Å². The van der Waals surface area contributed by atoms with Gasteiger partial charge in [0.1, 0.15) is 0 Å². The molecule has 0 aliphatic heterocycles. The molecule has 0 amide bonds. The second-order valence-electron chi connectivity index (χ2n) is 0.349. The zero-order valence-electron chi connectivity index (χ0n) is 3.25. The molecule has 38 valence electrons. The first-order valence-corrected chi connectivity index (χ1v) is 0.799. The number of carboxylic acid groups (broad SMARTS) is 1. The van der Waals surface area contributed by atoms with Gasteiger partial charge in [-0.2, -0.15) is 0 Å². The first-order chi connectivity index (χ1) is 2.27. The summed E-state index contributed by atoms with van der Waals surface area (Å²) in [6, 6.07) is 0. The van der Waals surface area contributed by atoms with Crippen LogP contribution in [-0.2, 0) is 4.89 Å². The third-order valence-electron chi connectivity index (χ3n) is 0.0713. The number of rotatable bonds is 0. The van der Waals surface area contributed by atoms with Gasteiger partial charge in [-0.1, -0.05) is 0 Å². The summed E-state index contributed by atoms with van der Waals surface area (Å²) in [6.45, 7) is 0. The van der Waals surface area contributed by atoms with Crippen molar-refractivity contribution in [1.29, 1.82) is 0 Å². The molecule has 0 bridgehead atoms. The number of carbonyl (C=O) groups is 1. The molecule has 0 saturated carbocycles. The number of hydrogen-bond acceptors (Lipinski definition) is 3. The van der Waals surface area contributed by atoms with Gasteiger partial charge in [0.05, 0.1) is 0 Å². The Morgan fingerprint density at radius 3 is 1.86 bits per heavy atom. The molecule has 5 nitrogen and oxygen atoms in total. The fraction of sp³-hybridized carbons (Fsp3) is 0. The molecule has 0 saturated heterocycles. The van der Waals surface area contributed by atoms with Crippen molar-refractivity contribution in [2.75, 3.05) is 0 Å². The van der Waals surface area contributed by atoms with E-state index in [1.807, 2.05) is 0 Å². The van der Waals surface area contributed by atoms with Gasteiger partial charge >= 0.3 is 23.5 Å². The van der Waals surface area contributed by atoms with Crippen molar-refractivity contribution >= 4 is 23.5 Å². The molecule has 3 N–H and O–H groups in total. The van der Waals surface area contributed by atoms with Crippen molar-refractivity contribution in [3.63, 3.8) is 0 Å². The van der Waals surface area contributed by atoms with Crippen LogP contribution in [-0.4, -0.2) is 34.1 Å². The van der Waals surface area contributed by atoms with Crippen LogP contribution in [0.15, 0.2) is 0 Å². The van der Waals surface area contributed by atoms with E-state index in [0.717, 1.165) is 0 Å². The summed E-state index contributed by atoms with van der Waals surface area (Å²) < 4.78 is 0. The van der Waals surface area contributed by atoms with Gasteiger partial charge in [0.15, 0.2) is 0 Å². The third-order valence-corrected chi connectivity index (χ3v) is 0.0713. The van der Waals surface area contributed by atoms with Crippen LogP contribution in [0.5, 0.6) is 0 Å². The summed E-state index contributed by atoms with van der Waals surface area (Å²) in [5.74, 6) is 0. The van der Waals surface area contributed by atoms with Crippen LogP contribution in [0.4, 0.5) is 4.79 Å². The monoisotopic (exact) mass is 122 g/mol. The Balaban J connectivity index is -0.0000000800. The van der Waals surface area contributed by atoms with E-state index in [1.165, 1.54) is 0 Å². The van der Waals surface area contributed by atoms with Crippen molar-refractivity contribution in [2.24, 2.45) is 0 Å². The van der Waals surface area contributed by atoms with Gasteiger partial charge < -0.3 is 20.7 Å². The Hall–Kier alpha value is -0.278. The Morgan fingerprint density at radius 2 is 1.86 bits per heavy atom. The molecule has 7 heavy (non-hydrogen) atoms. The van der Waals surface area contributed by atoms with Crippen molar-refractivity contribution in [3.8, 4) is 0 Å². The molecular formula is CH3AlO5+2. The van der Waals surface area contributed by atoms with Gasteiger partial charge in [-0.05, 0) is 0 Å². The predicted octanol–water partition coefficient (Wildman–Crippen LogP) is -2.25. The zero-order valence-corrected chi connectivity index (χ0v) is 4.40. The molecule has 0 unspecified atom stereocenters. The number of hydrogen-bond donors (Lipinski definition) is 1. The molecule has 0 fully saturated rings. The molecular weight excluding hydrogens is 119 g/mol. The first kappa shape index (κ1) is 15.9. The Kier molecular flexibility index (Phi) is 20.9. The topological polar surface area (TPSA) is 101 Å². The average Bonchev–Trinajstić information content (AvgIpc) is 1.38. The Morgan fingerprint density at radius 1 is 1.71 bits per heavy atom. The molecule has 0 rings (SSSR count). The standard InChI is InChI=1S/CH2O4.Al.H2O/c2-1(3)5-4;;/h4H,(H,2,3);;1H2/q;+3;/p-1. The van der Waals surface area contributed by atoms with Crippen molar-refractivity contribution in [2.45, 2.75) is 0 Å². The summed E-state index contributed by atoms with van der Waals surface area (Å²) >= 11 is 0. The zero-order chi connectivity index (χ0) is 4.28. The molecule has 0 aromatic rings. The molecule has 6 heteroatoms. The van der Waals surface area contributed by atoms with Gasteiger partial charge in [0.25, 0.3) is 0 Å². The molecule has 0 heterocycles. The maximum atomic E-state index is 8.83. The maximum Gasteiger partial charge on any atom is 3.00 e. The van der Waals surface area contributed by atoms with E-state index < -0.39 is 6.16 Å². The van der Waals surface area contributed by atoms with Gasteiger partial charge in [0.2, 0.25) is 0 Å². The van der Waals surface area contributed by atoms with Crippen LogP contribution in [0, 0.1) is 0 Å². The maximum absolute atomic E-state index is 8.83. The summed E-state index contributed by atoms with van der Waals surface area (Å²) in [4.78, 5) is 11.2. The van der Waals surface area contributed by atoms with Crippen molar-refractivity contribution in [1.82, 2.24) is 0 Å². The van der Waals surface area contributed by atoms with E-state index in [0.29, 0.717) is 0 Å². The minimum absolute atomic E-state index is 0. The Bertz CT molecular complexity index is 43.3. The minimum atomic E-state index is -1.80. The fourth-order valence-corrected chi connectivity index (χ4v) is 0. The molecule has 0 radical (unpaired) electrons.